The quantitative estimate of drug-likeness (QED) is 0.518. The summed E-state index contributed by atoms with van der Waals surface area (Å²) in [5.74, 6) is -1.18. The van der Waals surface area contributed by atoms with Crippen LogP contribution in [0.3, 0.4) is 0 Å². The molecule has 2 aromatic rings. The maximum absolute atomic E-state index is 12.7. The zero-order valence-corrected chi connectivity index (χ0v) is 15.9. The van der Waals surface area contributed by atoms with Gasteiger partial charge in [-0.2, -0.15) is 0 Å². The molecular formula is C18H12BrCl2NO3. The largest absolute Gasteiger partial charge is 0.296 e. The summed E-state index contributed by atoms with van der Waals surface area (Å²) in [6.07, 6.45) is 0.173. The van der Waals surface area contributed by atoms with Crippen LogP contribution < -0.4 is 0 Å². The van der Waals surface area contributed by atoms with Crippen molar-refractivity contribution in [3.05, 3.63) is 69.2 Å². The minimum absolute atomic E-state index is 0.0341. The molecular weight excluding hydrogens is 429 g/mol. The van der Waals surface area contributed by atoms with Crippen molar-refractivity contribution in [3.63, 3.8) is 0 Å². The minimum Gasteiger partial charge on any atom is -0.296 e. The van der Waals surface area contributed by atoms with E-state index in [9.17, 15) is 14.4 Å². The first-order valence-electron chi connectivity index (χ1n) is 7.43. The monoisotopic (exact) mass is 439 g/mol. The van der Waals surface area contributed by atoms with Gasteiger partial charge in [0.2, 0.25) is 0 Å². The number of imide groups is 1. The van der Waals surface area contributed by atoms with Crippen molar-refractivity contribution >= 4 is 56.7 Å². The Morgan fingerprint density at radius 3 is 2.12 bits per heavy atom. The normalized spacial score (nSPS) is 14.6. The predicted molar refractivity (Wildman–Crippen MR) is 99.7 cm³/mol. The van der Waals surface area contributed by atoms with Crippen LogP contribution in [0.4, 0.5) is 0 Å². The highest BCUT2D eigenvalue weighted by molar-refractivity contribution is 9.09. The van der Waals surface area contributed by atoms with Gasteiger partial charge in [0, 0.05) is 6.42 Å². The van der Waals surface area contributed by atoms with Gasteiger partial charge in [-0.15, -0.1) is 0 Å². The van der Waals surface area contributed by atoms with E-state index in [0.29, 0.717) is 26.7 Å². The molecule has 0 saturated carbocycles. The molecule has 0 aromatic heterocycles. The number of benzene rings is 2. The van der Waals surface area contributed by atoms with E-state index in [0.717, 1.165) is 4.90 Å². The molecule has 25 heavy (non-hydrogen) atoms. The molecule has 3 rings (SSSR count). The van der Waals surface area contributed by atoms with Gasteiger partial charge in [0.15, 0.2) is 5.78 Å². The van der Waals surface area contributed by atoms with Gasteiger partial charge in [-0.25, -0.2) is 0 Å². The second-order valence-corrected chi connectivity index (χ2v) is 6.97. The molecule has 1 aliphatic rings. The number of nitrogens with zero attached hydrogens (tertiary/aromatic N) is 1. The lowest BCUT2D eigenvalue weighted by Gasteiger charge is -2.24. The third kappa shape index (κ3) is 3.36. The molecule has 128 valence electrons. The number of amides is 2. The van der Waals surface area contributed by atoms with Gasteiger partial charge in [0.05, 0.1) is 26.5 Å². The zero-order valence-electron chi connectivity index (χ0n) is 12.8. The molecule has 0 aliphatic carbocycles. The van der Waals surface area contributed by atoms with Crippen molar-refractivity contribution in [3.8, 4) is 0 Å². The fraction of sp³-hybridized carbons (Fsp3) is 0.167. The molecule has 0 fully saturated rings. The number of carbonyl (C=O) groups excluding carboxylic acids is 3. The molecule has 1 heterocycles. The third-order valence-corrected chi connectivity index (χ3v) is 5.35. The van der Waals surface area contributed by atoms with Gasteiger partial charge in [0.25, 0.3) is 11.8 Å². The lowest BCUT2D eigenvalue weighted by atomic mass is 10.0. The van der Waals surface area contributed by atoms with E-state index >= 15 is 0 Å². The van der Waals surface area contributed by atoms with Gasteiger partial charge in [-0.1, -0.05) is 57.3 Å². The summed E-state index contributed by atoms with van der Waals surface area (Å²) in [6, 6.07) is 10.6. The molecule has 1 atom stereocenters. The Hall–Kier alpha value is -1.69. The molecule has 1 aliphatic heterocycles. The summed E-state index contributed by atoms with van der Waals surface area (Å²) in [7, 11) is 0. The maximum atomic E-state index is 12.7. The molecule has 0 N–H and O–H groups in total. The highest BCUT2D eigenvalue weighted by Crippen LogP contribution is 2.28. The first kappa shape index (κ1) is 18.1. The molecule has 0 spiro atoms. The lowest BCUT2D eigenvalue weighted by molar-refractivity contribution is -0.120. The zero-order chi connectivity index (χ0) is 18.1. The number of ketones is 1. The number of alkyl halides is 1. The lowest BCUT2D eigenvalue weighted by Crippen LogP contribution is -2.46. The smallest absolute Gasteiger partial charge is 0.262 e. The fourth-order valence-corrected chi connectivity index (χ4v) is 3.51. The van der Waals surface area contributed by atoms with Crippen LogP contribution in [0.1, 0.15) is 26.3 Å². The van der Waals surface area contributed by atoms with Crippen LogP contribution in [0, 0.1) is 0 Å². The van der Waals surface area contributed by atoms with Crippen molar-refractivity contribution < 1.29 is 14.4 Å². The summed E-state index contributed by atoms with van der Waals surface area (Å²) in [6.45, 7) is 0. The molecule has 2 aromatic carbocycles. The molecule has 0 bridgehead atoms. The Kier molecular flexibility index (Phi) is 5.27. The second kappa shape index (κ2) is 7.28. The van der Waals surface area contributed by atoms with E-state index in [4.69, 9.17) is 23.2 Å². The van der Waals surface area contributed by atoms with Crippen LogP contribution in [0.5, 0.6) is 0 Å². The van der Waals surface area contributed by atoms with Crippen LogP contribution in [0.15, 0.2) is 42.5 Å². The van der Waals surface area contributed by atoms with E-state index in [1.807, 2.05) is 0 Å². The number of hydrogen-bond acceptors (Lipinski definition) is 3. The van der Waals surface area contributed by atoms with Gasteiger partial charge >= 0.3 is 0 Å². The van der Waals surface area contributed by atoms with Crippen LogP contribution in [0.25, 0.3) is 0 Å². The summed E-state index contributed by atoms with van der Waals surface area (Å²) in [4.78, 5) is 38.8. The van der Waals surface area contributed by atoms with Gasteiger partial charge in [-0.3, -0.25) is 19.3 Å². The Morgan fingerprint density at radius 2 is 1.60 bits per heavy atom. The maximum Gasteiger partial charge on any atom is 0.262 e. The molecule has 2 amide bonds. The standard InChI is InChI=1S/C18H12BrCl2NO3/c19-9-16(23)15(8-10-5-6-13(20)14(21)7-10)22-17(24)11-3-1-2-4-12(11)18(22)25/h1-7,15H,8-9H2/t15-/m0/s1. The van der Waals surface area contributed by atoms with Crippen LogP contribution in [-0.2, 0) is 11.2 Å². The van der Waals surface area contributed by atoms with E-state index in [2.05, 4.69) is 15.9 Å². The number of fused-ring (bicyclic) bond motifs is 1. The number of rotatable bonds is 5. The Morgan fingerprint density at radius 1 is 1.00 bits per heavy atom. The Bertz CT molecular complexity index is 849. The first-order chi connectivity index (χ1) is 11.9. The van der Waals surface area contributed by atoms with Gasteiger partial charge in [-0.05, 0) is 29.8 Å². The van der Waals surface area contributed by atoms with E-state index in [1.54, 1.807) is 42.5 Å². The van der Waals surface area contributed by atoms with Crippen LogP contribution in [0.2, 0.25) is 10.0 Å². The number of hydrogen-bond donors (Lipinski definition) is 0. The predicted octanol–water partition coefficient (Wildman–Crippen LogP) is 4.16. The van der Waals surface area contributed by atoms with Crippen molar-refractivity contribution in [2.75, 3.05) is 5.33 Å². The highest BCUT2D eigenvalue weighted by atomic mass is 79.9. The van der Waals surface area contributed by atoms with Crippen molar-refractivity contribution in [1.82, 2.24) is 4.90 Å². The summed E-state index contributed by atoms with van der Waals surface area (Å²) >= 11 is 15.1. The molecule has 7 heteroatoms. The van der Waals surface area contributed by atoms with Crippen molar-refractivity contribution in [2.45, 2.75) is 12.5 Å². The van der Waals surface area contributed by atoms with E-state index in [1.165, 1.54) is 0 Å². The average molecular weight is 441 g/mol. The minimum atomic E-state index is -0.913. The third-order valence-electron chi connectivity index (χ3n) is 4.05. The summed E-state index contributed by atoms with van der Waals surface area (Å²) < 4.78 is 0. The fourth-order valence-electron chi connectivity index (χ4n) is 2.82. The van der Waals surface area contributed by atoms with Crippen molar-refractivity contribution in [2.24, 2.45) is 0 Å². The van der Waals surface area contributed by atoms with E-state index in [-0.39, 0.29) is 17.5 Å². The topological polar surface area (TPSA) is 54.5 Å². The van der Waals surface area contributed by atoms with Crippen molar-refractivity contribution in [1.29, 1.82) is 0 Å². The van der Waals surface area contributed by atoms with Crippen LogP contribution >= 0.6 is 39.1 Å². The Labute approximate surface area is 162 Å². The number of Topliss-reactive ketones (excluding diaryl/α,β-unsaturated/α-hetero) is 1. The second-order valence-electron chi connectivity index (χ2n) is 5.59. The molecule has 4 nitrogen and oxygen atoms in total. The van der Waals surface area contributed by atoms with E-state index < -0.39 is 17.9 Å². The first-order valence-corrected chi connectivity index (χ1v) is 9.31. The molecule has 0 saturated heterocycles. The summed E-state index contributed by atoms with van der Waals surface area (Å²) in [5, 5.41) is 0.785. The number of carbonyl (C=O) groups is 3. The number of halogens is 3. The highest BCUT2D eigenvalue weighted by Gasteiger charge is 2.42. The molecule has 0 unspecified atom stereocenters. The van der Waals surface area contributed by atoms with Crippen LogP contribution in [-0.4, -0.2) is 33.9 Å². The van der Waals surface area contributed by atoms with Gasteiger partial charge in [0.1, 0.15) is 6.04 Å². The molecule has 0 radical (unpaired) electrons. The Balaban J connectivity index is 1.97. The summed E-state index contributed by atoms with van der Waals surface area (Å²) in [5.41, 5.74) is 1.34. The SMILES string of the molecule is O=C(CBr)[C@H](Cc1ccc(Cl)c(Cl)c1)N1C(=O)c2ccccc2C1=O. The average Bonchev–Trinajstić information content (AvgIpc) is 2.87. The van der Waals surface area contributed by atoms with Gasteiger partial charge < -0.3 is 0 Å².